The van der Waals surface area contributed by atoms with Crippen LogP contribution in [0.3, 0.4) is 0 Å². The molecule has 1 saturated heterocycles. The Kier molecular flexibility index (Phi) is 7.30. The number of piperazine rings is 1. The van der Waals surface area contributed by atoms with Gasteiger partial charge in [-0.3, -0.25) is 14.4 Å². The number of nitrogens with one attached hydrogen (secondary N) is 1. The normalized spacial score (nSPS) is 15.4. The van der Waals surface area contributed by atoms with Crippen LogP contribution in [-0.2, 0) is 12.7 Å². The highest BCUT2D eigenvalue weighted by atomic mass is 19.4. The Morgan fingerprint density at radius 2 is 1.95 bits per heavy atom. The monoisotopic (exact) mass is 540 g/mol. The summed E-state index contributed by atoms with van der Waals surface area (Å²) >= 11 is 0. The van der Waals surface area contributed by atoms with E-state index in [9.17, 15) is 27.6 Å². The van der Waals surface area contributed by atoms with Gasteiger partial charge in [0.25, 0.3) is 5.91 Å². The Morgan fingerprint density at radius 1 is 1.15 bits per heavy atom. The van der Waals surface area contributed by atoms with E-state index in [1.165, 1.54) is 11.2 Å². The molecule has 0 bridgehead atoms. The zero-order valence-electron chi connectivity index (χ0n) is 20.7. The maximum Gasteiger partial charge on any atom is 0.416 e. The maximum absolute atomic E-state index is 13.8. The van der Waals surface area contributed by atoms with Crippen LogP contribution in [0.2, 0.25) is 0 Å². The number of alkyl halides is 3. The third-order valence-corrected chi connectivity index (χ3v) is 6.84. The quantitative estimate of drug-likeness (QED) is 0.354. The first-order chi connectivity index (χ1) is 18.7. The SMILES string of the molecule is N#CCC[C@H](Cn1cc(-c2ncnc3[nH]ccc23)cn1)N1CCN(C(=O)c2cc(F)cc(C(F)(F)F)c2)CC1. The van der Waals surface area contributed by atoms with Crippen molar-refractivity contribution in [2.75, 3.05) is 26.2 Å². The third kappa shape index (κ3) is 5.75. The molecule has 0 spiro atoms. The summed E-state index contributed by atoms with van der Waals surface area (Å²) in [6, 6.07) is 5.90. The average Bonchev–Trinajstić information content (AvgIpc) is 3.59. The summed E-state index contributed by atoms with van der Waals surface area (Å²) in [5, 5.41) is 14.5. The molecular formula is C26H24F4N8O. The number of benzene rings is 1. The lowest BCUT2D eigenvalue weighted by atomic mass is 10.1. The molecule has 1 aliphatic heterocycles. The molecule has 1 fully saturated rings. The van der Waals surface area contributed by atoms with Gasteiger partial charge in [0.05, 0.1) is 30.1 Å². The Labute approximate surface area is 220 Å². The molecule has 202 valence electrons. The highest BCUT2D eigenvalue weighted by molar-refractivity contribution is 5.94. The van der Waals surface area contributed by atoms with Gasteiger partial charge in [-0.2, -0.15) is 23.5 Å². The van der Waals surface area contributed by atoms with Crippen molar-refractivity contribution in [2.45, 2.75) is 31.6 Å². The van der Waals surface area contributed by atoms with Gasteiger partial charge >= 0.3 is 6.18 Å². The van der Waals surface area contributed by atoms with Gasteiger partial charge in [0.1, 0.15) is 17.8 Å². The lowest BCUT2D eigenvalue weighted by Gasteiger charge is -2.39. The van der Waals surface area contributed by atoms with E-state index in [2.05, 4.69) is 31.0 Å². The van der Waals surface area contributed by atoms with Gasteiger partial charge < -0.3 is 9.88 Å². The number of fused-ring (bicyclic) bond motifs is 1. The van der Waals surface area contributed by atoms with Crippen molar-refractivity contribution in [2.24, 2.45) is 0 Å². The molecule has 1 aliphatic rings. The second-order valence-corrected chi connectivity index (χ2v) is 9.32. The summed E-state index contributed by atoms with van der Waals surface area (Å²) in [6.45, 7) is 1.92. The minimum absolute atomic E-state index is 0.0571. The molecule has 1 N–H and O–H groups in total. The standard InChI is InChI=1S/C26H24F4N8O/c27-20-11-17(10-19(12-20)26(28,29)30)25(39)37-8-6-36(7-9-37)21(2-1-4-31)15-38-14-18(13-35-38)23-22-3-5-32-24(22)34-16-33-23/h3,5,10-14,16,21H,1-2,6-9,15H2,(H,32,33,34)/t21-/m1/s1. The van der Waals surface area contributed by atoms with Crippen LogP contribution in [-0.4, -0.2) is 72.7 Å². The van der Waals surface area contributed by atoms with Crippen molar-refractivity contribution in [3.8, 4) is 17.3 Å². The van der Waals surface area contributed by atoms with Crippen LogP contribution < -0.4 is 0 Å². The van der Waals surface area contributed by atoms with E-state index in [1.54, 1.807) is 17.1 Å². The molecule has 9 nitrogen and oxygen atoms in total. The van der Waals surface area contributed by atoms with Gasteiger partial charge in [-0.1, -0.05) is 0 Å². The number of H-pyrrole nitrogens is 1. The molecule has 0 aliphatic carbocycles. The maximum atomic E-state index is 13.8. The lowest BCUT2D eigenvalue weighted by Crippen LogP contribution is -2.53. The van der Waals surface area contributed by atoms with Crippen LogP contribution in [0.25, 0.3) is 22.3 Å². The fourth-order valence-electron chi connectivity index (χ4n) is 4.87. The number of aromatic amines is 1. The number of aromatic nitrogens is 5. The number of nitrogens with zero attached hydrogens (tertiary/aromatic N) is 7. The molecule has 39 heavy (non-hydrogen) atoms. The van der Waals surface area contributed by atoms with Crippen LogP contribution in [0.5, 0.6) is 0 Å². The molecule has 4 heterocycles. The van der Waals surface area contributed by atoms with Gasteiger partial charge in [0, 0.05) is 67.5 Å². The first-order valence-electron chi connectivity index (χ1n) is 12.3. The lowest BCUT2D eigenvalue weighted by molar-refractivity contribution is -0.137. The van der Waals surface area contributed by atoms with Crippen molar-refractivity contribution in [3.63, 3.8) is 0 Å². The first kappa shape index (κ1) is 26.3. The largest absolute Gasteiger partial charge is 0.416 e. The van der Waals surface area contributed by atoms with Crippen molar-refractivity contribution in [3.05, 3.63) is 66.1 Å². The summed E-state index contributed by atoms with van der Waals surface area (Å²) in [4.78, 5) is 28.1. The summed E-state index contributed by atoms with van der Waals surface area (Å²) in [5.41, 5.74) is 0.768. The zero-order valence-corrected chi connectivity index (χ0v) is 20.7. The van der Waals surface area contributed by atoms with Crippen molar-refractivity contribution in [1.29, 1.82) is 5.26 Å². The van der Waals surface area contributed by atoms with Crippen LogP contribution in [0.15, 0.2) is 49.2 Å². The molecule has 4 aromatic rings. The summed E-state index contributed by atoms with van der Waals surface area (Å²) in [7, 11) is 0. The molecule has 1 amide bonds. The van der Waals surface area contributed by atoms with E-state index >= 15 is 0 Å². The van der Waals surface area contributed by atoms with Gasteiger partial charge in [-0.15, -0.1) is 0 Å². The number of hydrogen-bond acceptors (Lipinski definition) is 6. The summed E-state index contributed by atoms with van der Waals surface area (Å²) in [6.07, 6.45) is 3.04. The van der Waals surface area contributed by atoms with Crippen molar-refractivity contribution in [1.82, 2.24) is 34.5 Å². The topological polar surface area (TPSA) is 107 Å². The van der Waals surface area contributed by atoms with Gasteiger partial charge in [-0.25, -0.2) is 14.4 Å². The van der Waals surface area contributed by atoms with Crippen LogP contribution in [0, 0.1) is 17.1 Å². The molecule has 13 heteroatoms. The van der Waals surface area contributed by atoms with Crippen LogP contribution in [0.1, 0.15) is 28.8 Å². The first-order valence-corrected chi connectivity index (χ1v) is 12.3. The van der Waals surface area contributed by atoms with E-state index in [4.69, 9.17) is 0 Å². The number of halogens is 4. The number of hydrogen-bond donors (Lipinski definition) is 1. The number of amides is 1. The smallest absolute Gasteiger partial charge is 0.346 e. The predicted octanol–water partition coefficient (Wildman–Crippen LogP) is 4.11. The van der Waals surface area contributed by atoms with E-state index in [-0.39, 0.29) is 24.7 Å². The fourth-order valence-corrected chi connectivity index (χ4v) is 4.87. The highest BCUT2D eigenvalue weighted by Crippen LogP contribution is 2.31. The van der Waals surface area contributed by atoms with Crippen LogP contribution in [0.4, 0.5) is 17.6 Å². The van der Waals surface area contributed by atoms with Crippen molar-refractivity contribution >= 4 is 16.9 Å². The number of nitriles is 1. The van der Waals surface area contributed by atoms with Gasteiger partial charge in [0.2, 0.25) is 0 Å². The molecule has 5 rings (SSSR count). The van der Waals surface area contributed by atoms with E-state index in [0.29, 0.717) is 44.6 Å². The third-order valence-electron chi connectivity index (χ3n) is 6.84. The average molecular weight is 541 g/mol. The van der Waals surface area contributed by atoms with Gasteiger partial charge in [-0.05, 0) is 30.7 Å². The van der Waals surface area contributed by atoms with E-state index in [0.717, 1.165) is 28.4 Å². The molecule has 1 aromatic carbocycles. The van der Waals surface area contributed by atoms with E-state index in [1.807, 2.05) is 12.3 Å². The zero-order chi connectivity index (χ0) is 27.6. The molecule has 0 unspecified atom stereocenters. The molecule has 3 aromatic heterocycles. The van der Waals surface area contributed by atoms with Gasteiger partial charge in [0.15, 0.2) is 0 Å². The molecule has 0 radical (unpaired) electrons. The summed E-state index contributed by atoms with van der Waals surface area (Å²) in [5.74, 6) is -1.76. The minimum atomic E-state index is -4.75. The number of carbonyl (C=O) groups excluding carboxylic acids is 1. The molecule has 1 atom stereocenters. The predicted molar refractivity (Wildman–Crippen MR) is 133 cm³/mol. The Balaban J connectivity index is 1.26. The second kappa shape index (κ2) is 10.8. The van der Waals surface area contributed by atoms with E-state index < -0.39 is 23.5 Å². The fraction of sp³-hybridized carbons (Fsp3) is 0.346. The molecular weight excluding hydrogens is 516 g/mol. The number of rotatable bonds is 7. The Morgan fingerprint density at radius 3 is 2.69 bits per heavy atom. The molecule has 0 saturated carbocycles. The second-order valence-electron chi connectivity index (χ2n) is 9.32. The minimum Gasteiger partial charge on any atom is -0.346 e. The highest BCUT2D eigenvalue weighted by Gasteiger charge is 2.33. The Hall–Kier alpha value is -4.31. The summed E-state index contributed by atoms with van der Waals surface area (Å²) < 4.78 is 54.9. The van der Waals surface area contributed by atoms with Crippen LogP contribution >= 0.6 is 0 Å². The number of carbonyl (C=O) groups is 1. The van der Waals surface area contributed by atoms with Crippen molar-refractivity contribution < 1.29 is 22.4 Å². The Bertz CT molecular complexity index is 1510.